The Hall–Kier alpha value is -1.91. The molecular weight excluding hydrogens is 316 g/mol. The Morgan fingerprint density at radius 1 is 1.23 bits per heavy atom. The van der Waals surface area contributed by atoms with Gasteiger partial charge in [0.05, 0.1) is 16.6 Å². The van der Waals surface area contributed by atoms with Crippen molar-refractivity contribution < 1.29 is 4.79 Å². The third-order valence-electron chi connectivity index (χ3n) is 3.47. The summed E-state index contributed by atoms with van der Waals surface area (Å²) in [5.41, 5.74) is 3.18. The lowest BCUT2D eigenvalue weighted by molar-refractivity contribution is -0.117. The maximum Gasteiger partial charge on any atom is 0.252 e. The topological polar surface area (TPSA) is 34.4 Å². The first kappa shape index (κ1) is 15.0. The molecule has 22 heavy (non-hydrogen) atoms. The van der Waals surface area contributed by atoms with Gasteiger partial charge in [0.15, 0.2) is 4.80 Å². The number of carbonyl (C=O) groups excluding carboxylic acids is 1. The quantitative estimate of drug-likeness (QED) is 0.702. The SMILES string of the molecule is Cc1ccc(CC(=O)N=c2sc3cc(Cl)ccc3n2C)cc1. The average molecular weight is 331 g/mol. The van der Waals surface area contributed by atoms with E-state index in [1.165, 1.54) is 16.9 Å². The third-order valence-corrected chi connectivity index (χ3v) is 4.80. The van der Waals surface area contributed by atoms with Crippen LogP contribution in [0.3, 0.4) is 0 Å². The van der Waals surface area contributed by atoms with Crippen molar-refractivity contribution in [2.45, 2.75) is 13.3 Å². The number of carbonyl (C=O) groups is 1. The van der Waals surface area contributed by atoms with Crippen molar-refractivity contribution in [2.24, 2.45) is 12.0 Å². The van der Waals surface area contributed by atoms with Crippen molar-refractivity contribution in [2.75, 3.05) is 0 Å². The Morgan fingerprint density at radius 3 is 2.68 bits per heavy atom. The Morgan fingerprint density at radius 2 is 1.95 bits per heavy atom. The minimum Gasteiger partial charge on any atom is -0.319 e. The highest BCUT2D eigenvalue weighted by molar-refractivity contribution is 7.16. The summed E-state index contributed by atoms with van der Waals surface area (Å²) in [7, 11) is 1.91. The third kappa shape index (κ3) is 3.13. The van der Waals surface area contributed by atoms with E-state index in [0.717, 1.165) is 15.8 Å². The number of rotatable bonds is 2. The molecule has 0 aliphatic carbocycles. The Labute approximate surface area is 137 Å². The molecule has 0 atom stereocenters. The molecule has 0 spiro atoms. The van der Waals surface area contributed by atoms with Gasteiger partial charge >= 0.3 is 0 Å². The number of amides is 1. The summed E-state index contributed by atoms with van der Waals surface area (Å²) < 4.78 is 2.94. The molecule has 3 rings (SSSR count). The van der Waals surface area contributed by atoms with E-state index in [1.54, 1.807) is 0 Å². The zero-order chi connectivity index (χ0) is 15.7. The lowest BCUT2D eigenvalue weighted by atomic mass is 10.1. The summed E-state index contributed by atoms with van der Waals surface area (Å²) in [6, 6.07) is 13.6. The number of hydrogen-bond donors (Lipinski definition) is 0. The van der Waals surface area contributed by atoms with Crippen molar-refractivity contribution >= 4 is 39.1 Å². The zero-order valence-corrected chi connectivity index (χ0v) is 13.9. The minimum atomic E-state index is -0.142. The van der Waals surface area contributed by atoms with Crippen LogP contribution >= 0.6 is 22.9 Å². The fourth-order valence-electron chi connectivity index (χ4n) is 2.24. The van der Waals surface area contributed by atoms with Crippen LogP contribution in [0.5, 0.6) is 0 Å². The molecule has 3 aromatic rings. The van der Waals surface area contributed by atoms with Crippen molar-refractivity contribution in [3.8, 4) is 0 Å². The largest absolute Gasteiger partial charge is 0.319 e. The van der Waals surface area contributed by atoms with E-state index in [1.807, 2.05) is 61.0 Å². The van der Waals surface area contributed by atoms with Gasteiger partial charge in [-0.1, -0.05) is 52.8 Å². The van der Waals surface area contributed by atoms with Crippen LogP contribution in [-0.2, 0) is 18.3 Å². The number of fused-ring (bicyclic) bond motifs is 1. The van der Waals surface area contributed by atoms with Crippen LogP contribution < -0.4 is 4.80 Å². The number of nitrogens with zero attached hydrogens (tertiary/aromatic N) is 2. The average Bonchev–Trinajstić information content (AvgIpc) is 2.77. The molecule has 0 radical (unpaired) electrons. The van der Waals surface area contributed by atoms with Gasteiger partial charge in [0.1, 0.15) is 0 Å². The number of aromatic nitrogens is 1. The first-order valence-electron chi connectivity index (χ1n) is 6.91. The highest BCUT2D eigenvalue weighted by Gasteiger charge is 2.06. The molecule has 1 aromatic heterocycles. The van der Waals surface area contributed by atoms with E-state index in [-0.39, 0.29) is 5.91 Å². The molecule has 1 heterocycles. The van der Waals surface area contributed by atoms with Crippen molar-refractivity contribution in [1.29, 1.82) is 0 Å². The fourth-order valence-corrected chi connectivity index (χ4v) is 3.55. The molecule has 0 bridgehead atoms. The Bertz CT molecular complexity index is 907. The molecule has 112 valence electrons. The highest BCUT2D eigenvalue weighted by Crippen LogP contribution is 2.21. The zero-order valence-electron chi connectivity index (χ0n) is 12.3. The van der Waals surface area contributed by atoms with E-state index in [9.17, 15) is 4.79 Å². The summed E-state index contributed by atoms with van der Waals surface area (Å²) in [5.74, 6) is -0.142. The van der Waals surface area contributed by atoms with Gasteiger partial charge in [-0.3, -0.25) is 4.79 Å². The van der Waals surface area contributed by atoms with Crippen LogP contribution in [-0.4, -0.2) is 10.5 Å². The lowest BCUT2D eigenvalue weighted by Gasteiger charge is -1.98. The summed E-state index contributed by atoms with van der Waals surface area (Å²) in [6.45, 7) is 2.03. The molecule has 0 fully saturated rings. The van der Waals surface area contributed by atoms with Gasteiger partial charge in [0.25, 0.3) is 5.91 Å². The van der Waals surface area contributed by atoms with Crippen molar-refractivity contribution in [3.05, 3.63) is 63.4 Å². The number of benzene rings is 2. The van der Waals surface area contributed by atoms with E-state index in [4.69, 9.17) is 11.6 Å². The van der Waals surface area contributed by atoms with Gasteiger partial charge in [-0.05, 0) is 30.7 Å². The van der Waals surface area contributed by atoms with Gasteiger partial charge in [-0.2, -0.15) is 4.99 Å². The summed E-state index contributed by atoms with van der Waals surface area (Å²) >= 11 is 7.48. The summed E-state index contributed by atoms with van der Waals surface area (Å²) in [5, 5.41) is 0.687. The van der Waals surface area contributed by atoms with Gasteiger partial charge in [0.2, 0.25) is 0 Å². The maximum atomic E-state index is 12.2. The normalized spacial score (nSPS) is 12.0. The van der Waals surface area contributed by atoms with Crippen molar-refractivity contribution in [1.82, 2.24) is 4.57 Å². The van der Waals surface area contributed by atoms with Gasteiger partial charge in [0, 0.05) is 12.1 Å². The minimum absolute atomic E-state index is 0.142. The van der Waals surface area contributed by atoms with E-state index < -0.39 is 0 Å². The highest BCUT2D eigenvalue weighted by atomic mass is 35.5. The number of halogens is 1. The van der Waals surface area contributed by atoms with E-state index >= 15 is 0 Å². The Kier molecular flexibility index (Phi) is 4.14. The van der Waals surface area contributed by atoms with Crippen molar-refractivity contribution in [3.63, 3.8) is 0 Å². The second-order valence-electron chi connectivity index (χ2n) is 5.22. The first-order chi connectivity index (χ1) is 10.5. The van der Waals surface area contributed by atoms with Crippen LogP contribution in [0.15, 0.2) is 47.5 Å². The molecule has 1 amide bonds. The standard InChI is InChI=1S/C17H15ClN2OS/c1-11-3-5-12(6-4-11)9-16(21)19-17-20(2)14-8-7-13(18)10-15(14)22-17/h3-8,10H,9H2,1-2H3. The lowest BCUT2D eigenvalue weighted by Crippen LogP contribution is -2.14. The van der Waals surface area contributed by atoms with Crippen LogP contribution in [0.25, 0.3) is 10.2 Å². The molecule has 2 aromatic carbocycles. The van der Waals surface area contributed by atoms with Crippen LogP contribution in [0.2, 0.25) is 5.02 Å². The molecule has 0 N–H and O–H groups in total. The number of aryl methyl sites for hydroxylation is 2. The first-order valence-corrected chi connectivity index (χ1v) is 8.10. The van der Waals surface area contributed by atoms with Gasteiger partial charge < -0.3 is 4.57 Å². The number of hydrogen-bond acceptors (Lipinski definition) is 2. The van der Waals surface area contributed by atoms with Gasteiger partial charge in [-0.15, -0.1) is 0 Å². The van der Waals surface area contributed by atoms with Crippen LogP contribution in [0, 0.1) is 6.92 Å². The summed E-state index contributed by atoms with van der Waals surface area (Å²) in [6.07, 6.45) is 0.315. The smallest absolute Gasteiger partial charge is 0.252 e. The second kappa shape index (κ2) is 6.07. The van der Waals surface area contributed by atoms with E-state index in [2.05, 4.69) is 4.99 Å². The molecule has 0 saturated heterocycles. The number of thiazole rings is 1. The molecule has 0 unspecified atom stereocenters. The summed E-state index contributed by atoms with van der Waals surface area (Å²) in [4.78, 5) is 17.1. The molecule has 0 aliphatic heterocycles. The van der Waals surface area contributed by atoms with Crippen LogP contribution in [0.1, 0.15) is 11.1 Å². The predicted octanol–water partition coefficient (Wildman–Crippen LogP) is 3.87. The van der Waals surface area contributed by atoms with Gasteiger partial charge in [-0.25, -0.2) is 0 Å². The van der Waals surface area contributed by atoms with Crippen LogP contribution in [0.4, 0.5) is 0 Å². The fraction of sp³-hybridized carbons (Fsp3) is 0.176. The molecule has 0 saturated carbocycles. The molecule has 0 aliphatic rings. The maximum absolute atomic E-state index is 12.2. The monoisotopic (exact) mass is 330 g/mol. The second-order valence-corrected chi connectivity index (χ2v) is 6.67. The molecule has 5 heteroatoms. The van der Waals surface area contributed by atoms with E-state index in [0.29, 0.717) is 16.2 Å². The molecule has 3 nitrogen and oxygen atoms in total. The predicted molar refractivity (Wildman–Crippen MR) is 91.3 cm³/mol. The Balaban J connectivity index is 1.92. The molecular formula is C17H15ClN2OS.